The molecule has 0 saturated carbocycles. The molecule has 0 radical (unpaired) electrons. The van der Waals surface area contributed by atoms with E-state index in [1.165, 1.54) is 11.8 Å². The predicted octanol–water partition coefficient (Wildman–Crippen LogP) is 2.32. The Morgan fingerprint density at radius 3 is 2.85 bits per heavy atom. The Morgan fingerprint density at radius 1 is 1.35 bits per heavy atom. The van der Waals surface area contributed by atoms with Gasteiger partial charge in [-0.2, -0.15) is 0 Å². The molecular weight excluding hydrogens is 372 g/mol. The van der Waals surface area contributed by atoms with Gasteiger partial charge in [0, 0.05) is 26.2 Å². The molecular formula is C18H22N2O4S2. The molecule has 1 aromatic carbocycles. The molecule has 8 heteroatoms. The van der Waals surface area contributed by atoms with E-state index < -0.39 is 0 Å². The van der Waals surface area contributed by atoms with Gasteiger partial charge in [-0.25, -0.2) is 0 Å². The fourth-order valence-corrected chi connectivity index (χ4v) is 4.11. The maximum Gasteiger partial charge on any atom is 0.266 e. The van der Waals surface area contributed by atoms with Crippen LogP contribution in [-0.2, 0) is 9.53 Å². The lowest BCUT2D eigenvalue weighted by molar-refractivity contribution is -0.122. The number of phenols is 1. The van der Waals surface area contributed by atoms with Crippen LogP contribution in [0, 0.1) is 0 Å². The quantitative estimate of drug-likeness (QED) is 0.587. The third-order valence-electron chi connectivity index (χ3n) is 4.20. The van der Waals surface area contributed by atoms with E-state index in [0.29, 0.717) is 28.1 Å². The molecule has 3 rings (SSSR count). The Hall–Kier alpha value is -1.61. The summed E-state index contributed by atoms with van der Waals surface area (Å²) in [7, 11) is 0. The van der Waals surface area contributed by atoms with Crippen molar-refractivity contribution < 1.29 is 19.4 Å². The SMILES string of the molecule is CCOc1cc(/C=C2/SC(=S)N(CCN3CCOCC3)C2=O)ccc1O. The van der Waals surface area contributed by atoms with Crippen molar-refractivity contribution >= 4 is 40.3 Å². The minimum atomic E-state index is -0.0701. The van der Waals surface area contributed by atoms with Gasteiger partial charge >= 0.3 is 0 Å². The number of ether oxygens (including phenoxy) is 2. The van der Waals surface area contributed by atoms with Gasteiger partial charge in [-0.1, -0.05) is 30.0 Å². The highest BCUT2D eigenvalue weighted by Crippen LogP contribution is 2.34. The zero-order valence-electron chi connectivity index (χ0n) is 14.6. The first-order valence-electron chi connectivity index (χ1n) is 8.59. The lowest BCUT2D eigenvalue weighted by Gasteiger charge is -2.28. The number of thioether (sulfide) groups is 1. The van der Waals surface area contributed by atoms with Gasteiger partial charge < -0.3 is 14.6 Å². The number of morpholine rings is 1. The summed E-state index contributed by atoms with van der Waals surface area (Å²) in [5, 5.41) is 9.80. The van der Waals surface area contributed by atoms with E-state index in [1.54, 1.807) is 29.2 Å². The third-order valence-corrected chi connectivity index (χ3v) is 5.58. The Morgan fingerprint density at radius 2 is 2.12 bits per heavy atom. The number of thiocarbonyl (C=S) groups is 1. The number of phenolic OH excluding ortho intramolecular Hbond substituents is 1. The number of hydrogen-bond donors (Lipinski definition) is 1. The van der Waals surface area contributed by atoms with Crippen molar-refractivity contribution in [2.24, 2.45) is 0 Å². The number of amides is 1. The molecule has 6 nitrogen and oxygen atoms in total. The molecule has 0 bridgehead atoms. The highest BCUT2D eigenvalue weighted by Gasteiger charge is 2.32. The van der Waals surface area contributed by atoms with E-state index >= 15 is 0 Å². The summed E-state index contributed by atoms with van der Waals surface area (Å²) < 4.78 is 11.3. The topological polar surface area (TPSA) is 62.2 Å². The van der Waals surface area contributed by atoms with Crippen LogP contribution in [0.15, 0.2) is 23.1 Å². The normalized spacial score (nSPS) is 20.2. The molecule has 2 aliphatic rings. The lowest BCUT2D eigenvalue weighted by Crippen LogP contribution is -2.42. The highest BCUT2D eigenvalue weighted by atomic mass is 32.2. The largest absolute Gasteiger partial charge is 0.504 e. The van der Waals surface area contributed by atoms with Crippen LogP contribution in [0.5, 0.6) is 11.5 Å². The Kier molecular flexibility index (Phi) is 6.53. The number of rotatable bonds is 6. The lowest BCUT2D eigenvalue weighted by atomic mass is 10.2. The van der Waals surface area contributed by atoms with Crippen molar-refractivity contribution in [1.82, 2.24) is 9.80 Å². The molecule has 1 amide bonds. The van der Waals surface area contributed by atoms with Crippen molar-refractivity contribution in [3.63, 3.8) is 0 Å². The van der Waals surface area contributed by atoms with Crippen LogP contribution in [-0.4, -0.2) is 71.1 Å². The van der Waals surface area contributed by atoms with Crippen molar-refractivity contribution in [2.75, 3.05) is 46.0 Å². The van der Waals surface area contributed by atoms with Crippen LogP contribution in [0.1, 0.15) is 12.5 Å². The maximum absolute atomic E-state index is 12.7. The third kappa shape index (κ3) is 4.56. The van der Waals surface area contributed by atoms with Crippen molar-refractivity contribution in [1.29, 1.82) is 0 Å². The monoisotopic (exact) mass is 394 g/mol. The number of carbonyl (C=O) groups is 1. The van der Waals surface area contributed by atoms with Gasteiger partial charge in [0.15, 0.2) is 11.5 Å². The molecule has 2 heterocycles. The zero-order valence-corrected chi connectivity index (χ0v) is 16.3. The fraction of sp³-hybridized carbons (Fsp3) is 0.444. The van der Waals surface area contributed by atoms with Crippen molar-refractivity contribution in [3.8, 4) is 11.5 Å². The van der Waals surface area contributed by atoms with Crippen LogP contribution in [0.4, 0.5) is 0 Å². The van der Waals surface area contributed by atoms with E-state index in [1.807, 2.05) is 6.92 Å². The number of hydrogen-bond acceptors (Lipinski definition) is 7. The predicted molar refractivity (Wildman–Crippen MR) is 106 cm³/mol. The second-order valence-corrected chi connectivity index (χ2v) is 7.62. The number of nitrogens with zero attached hydrogens (tertiary/aromatic N) is 2. The Labute approximate surface area is 162 Å². The molecule has 2 fully saturated rings. The van der Waals surface area contributed by atoms with Gasteiger partial charge in [0.25, 0.3) is 5.91 Å². The van der Waals surface area contributed by atoms with Gasteiger partial charge in [0.05, 0.1) is 24.7 Å². The average molecular weight is 395 g/mol. The van der Waals surface area contributed by atoms with E-state index in [4.69, 9.17) is 21.7 Å². The number of benzene rings is 1. The minimum absolute atomic E-state index is 0.0701. The molecule has 0 unspecified atom stereocenters. The first-order chi connectivity index (χ1) is 12.6. The number of carbonyl (C=O) groups excluding carboxylic acids is 1. The van der Waals surface area contributed by atoms with Crippen LogP contribution in [0.2, 0.25) is 0 Å². The standard InChI is InChI=1S/C18H22N2O4S2/c1-2-24-15-11-13(3-4-14(15)21)12-16-17(22)20(18(25)26-16)6-5-19-7-9-23-10-8-19/h3-4,11-12,21H,2,5-10H2,1H3/b16-12+. The van der Waals surface area contributed by atoms with E-state index in [2.05, 4.69) is 4.90 Å². The van der Waals surface area contributed by atoms with Gasteiger partial charge in [-0.05, 0) is 30.7 Å². The van der Waals surface area contributed by atoms with E-state index in [0.717, 1.165) is 38.4 Å². The van der Waals surface area contributed by atoms with Crippen molar-refractivity contribution in [3.05, 3.63) is 28.7 Å². The summed E-state index contributed by atoms with van der Waals surface area (Å²) in [5.74, 6) is 0.422. The molecule has 2 saturated heterocycles. The maximum atomic E-state index is 12.7. The zero-order chi connectivity index (χ0) is 18.5. The first kappa shape index (κ1) is 19.2. The summed E-state index contributed by atoms with van der Waals surface area (Å²) >= 11 is 6.69. The second kappa shape index (κ2) is 8.85. The average Bonchev–Trinajstić information content (AvgIpc) is 2.90. The van der Waals surface area contributed by atoms with E-state index in [9.17, 15) is 9.90 Å². The smallest absolute Gasteiger partial charge is 0.266 e. The molecule has 0 aliphatic carbocycles. The van der Waals surface area contributed by atoms with Crippen LogP contribution < -0.4 is 4.74 Å². The van der Waals surface area contributed by atoms with Crippen LogP contribution in [0.25, 0.3) is 6.08 Å². The van der Waals surface area contributed by atoms with Gasteiger partial charge in [-0.15, -0.1) is 0 Å². The Balaban J connectivity index is 1.67. The van der Waals surface area contributed by atoms with Crippen LogP contribution in [0.3, 0.4) is 0 Å². The molecule has 140 valence electrons. The molecule has 0 spiro atoms. The van der Waals surface area contributed by atoms with Crippen LogP contribution >= 0.6 is 24.0 Å². The van der Waals surface area contributed by atoms with Crippen molar-refractivity contribution in [2.45, 2.75) is 6.92 Å². The molecule has 0 atom stereocenters. The second-order valence-electron chi connectivity index (χ2n) is 5.95. The van der Waals surface area contributed by atoms with Gasteiger partial charge in [-0.3, -0.25) is 14.6 Å². The first-order valence-corrected chi connectivity index (χ1v) is 9.82. The van der Waals surface area contributed by atoms with E-state index in [-0.39, 0.29) is 11.7 Å². The summed E-state index contributed by atoms with van der Waals surface area (Å²) in [6, 6.07) is 5.03. The summed E-state index contributed by atoms with van der Waals surface area (Å²) in [4.78, 5) is 17.2. The Bertz CT molecular complexity index is 717. The minimum Gasteiger partial charge on any atom is -0.504 e. The molecule has 1 N–H and O–H groups in total. The summed E-state index contributed by atoms with van der Waals surface area (Å²) in [6.45, 7) is 6.93. The molecule has 1 aromatic rings. The molecule has 2 aliphatic heterocycles. The number of aromatic hydroxyl groups is 1. The summed E-state index contributed by atoms with van der Waals surface area (Å²) in [6.07, 6.45) is 1.79. The molecule has 0 aromatic heterocycles. The molecule has 26 heavy (non-hydrogen) atoms. The van der Waals surface area contributed by atoms with Gasteiger partial charge in [0.1, 0.15) is 4.32 Å². The van der Waals surface area contributed by atoms with Gasteiger partial charge in [0.2, 0.25) is 0 Å². The fourth-order valence-electron chi connectivity index (χ4n) is 2.80. The summed E-state index contributed by atoms with van der Waals surface area (Å²) in [5.41, 5.74) is 0.792. The highest BCUT2D eigenvalue weighted by molar-refractivity contribution is 8.26.